The van der Waals surface area contributed by atoms with Gasteiger partial charge in [0.05, 0.1) is 22.7 Å². The Labute approximate surface area is 189 Å². The van der Waals surface area contributed by atoms with Crippen LogP contribution in [0.5, 0.6) is 0 Å². The van der Waals surface area contributed by atoms with Crippen LogP contribution in [-0.4, -0.2) is 25.9 Å². The topological polar surface area (TPSA) is 90.0 Å². The quantitative estimate of drug-likeness (QED) is 0.329. The highest BCUT2D eigenvalue weighted by Crippen LogP contribution is 2.26. The third kappa shape index (κ3) is 4.75. The molecule has 1 unspecified atom stereocenters. The molecule has 2 heterocycles. The third-order valence-electron chi connectivity index (χ3n) is 5.08. The van der Waals surface area contributed by atoms with Gasteiger partial charge in [-0.3, -0.25) is 14.2 Å². The first-order valence-corrected chi connectivity index (χ1v) is 11.3. The molecular formula is C24H24N4O3S. The van der Waals surface area contributed by atoms with Crippen LogP contribution in [0.25, 0.3) is 10.9 Å². The van der Waals surface area contributed by atoms with Crippen molar-refractivity contribution in [1.29, 1.82) is 0 Å². The number of aryl methyl sites for hydroxylation is 2. The first-order valence-electron chi connectivity index (χ1n) is 10.4. The van der Waals surface area contributed by atoms with Gasteiger partial charge in [-0.1, -0.05) is 65.8 Å². The normalized spacial score (nSPS) is 12.1. The molecule has 1 amide bonds. The number of fused-ring (bicyclic) bond motifs is 1. The minimum Gasteiger partial charge on any atom is -0.360 e. The first-order chi connectivity index (χ1) is 15.4. The molecule has 32 heavy (non-hydrogen) atoms. The van der Waals surface area contributed by atoms with Crippen molar-refractivity contribution in [3.05, 3.63) is 81.8 Å². The summed E-state index contributed by atoms with van der Waals surface area (Å²) in [6.45, 7) is 6.09. The predicted molar refractivity (Wildman–Crippen MR) is 126 cm³/mol. The Kier molecular flexibility index (Phi) is 6.41. The van der Waals surface area contributed by atoms with Gasteiger partial charge in [0.25, 0.3) is 5.56 Å². The number of carbonyl (C=O) groups is 1. The predicted octanol–water partition coefficient (Wildman–Crippen LogP) is 4.56. The molecule has 2 aromatic heterocycles. The number of aromatic nitrogens is 3. The monoisotopic (exact) mass is 448 g/mol. The fraction of sp³-hybridized carbons (Fsp3) is 0.250. The van der Waals surface area contributed by atoms with Gasteiger partial charge in [-0.2, -0.15) is 0 Å². The van der Waals surface area contributed by atoms with Crippen molar-refractivity contribution in [3.63, 3.8) is 0 Å². The fourth-order valence-corrected chi connectivity index (χ4v) is 4.35. The number of anilines is 1. The van der Waals surface area contributed by atoms with Gasteiger partial charge in [-0.15, -0.1) is 0 Å². The zero-order chi connectivity index (χ0) is 22.7. The molecule has 0 aliphatic carbocycles. The maximum atomic E-state index is 13.3. The number of nitrogens with one attached hydrogen (secondary N) is 1. The van der Waals surface area contributed by atoms with Gasteiger partial charge < -0.3 is 9.84 Å². The van der Waals surface area contributed by atoms with E-state index in [9.17, 15) is 9.59 Å². The van der Waals surface area contributed by atoms with E-state index in [1.54, 1.807) is 23.6 Å². The molecule has 0 saturated heterocycles. The Hall–Kier alpha value is -3.39. The molecule has 0 bridgehead atoms. The van der Waals surface area contributed by atoms with Crippen LogP contribution in [0.4, 0.5) is 5.82 Å². The van der Waals surface area contributed by atoms with E-state index in [2.05, 4.69) is 10.5 Å². The van der Waals surface area contributed by atoms with E-state index < -0.39 is 5.25 Å². The zero-order valence-electron chi connectivity index (χ0n) is 18.2. The van der Waals surface area contributed by atoms with Gasteiger partial charge in [-0.25, -0.2) is 4.98 Å². The van der Waals surface area contributed by atoms with Gasteiger partial charge in [0.1, 0.15) is 5.76 Å². The van der Waals surface area contributed by atoms with Crippen molar-refractivity contribution in [1.82, 2.24) is 14.7 Å². The Morgan fingerprint density at radius 3 is 2.59 bits per heavy atom. The van der Waals surface area contributed by atoms with Gasteiger partial charge >= 0.3 is 0 Å². The van der Waals surface area contributed by atoms with Crippen LogP contribution >= 0.6 is 11.8 Å². The summed E-state index contributed by atoms with van der Waals surface area (Å²) >= 11 is 1.28. The number of amides is 1. The van der Waals surface area contributed by atoms with Crippen molar-refractivity contribution in [2.24, 2.45) is 0 Å². The summed E-state index contributed by atoms with van der Waals surface area (Å²) in [5.41, 5.74) is 2.63. The Bertz CT molecular complexity index is 1310. The Balaban J connectivity index is 1.69. The van der Waals surface area contributed by atoms with Crippen LogP contribution < -0.4 is 10.9 Å². The van der Waals surface area contributed by atoms with E-state index in [1.807, 2.05) is 56.3 Å². The summed E-state index contributed by atoms with van der Waals surface area (Å²) in [6, 6.07) is 17.0. The number of thioether (sulfide) groups is 1. The molecule has 0 fully saturated rings. The molecule has 2 aromatic carbocycles. The lowest BCUT2D eigenvalue weighted by atomic mass is 10.1. The molecule has 0 saturated carbocycles. The molecular weight excluding hydrogens is 424 g/mol. The van der Waals surface area contributed by atoms with E-state index in [0.29, 0.717) is 40.6 Å². The number of nitrogens with zero attached hydrogens (tertiary/aromatic N) is 3. The maximum absolute atomic E-state index is 13.3. The number of benzene rings is 2. The lowest BCUT2D eigenvalue weighted by Gasteiger charge is -2.17. The number of carbonyl (C=O) groups excluding carboxylic acids is 1. The number of hydrogen-bond acceptors (Lipinski definition) is 6. The van der Waals surface area contributed by atoms with E-state index in [4.69, 9.17) is 9.51 Å². The minimum absolute atomic E-state index is 0.124. The van der Waals surface area contributed by atoms with Gasteiger partial charge in [0, 0.05) is 6.07 Å². The lowest BCUT2D eigenvalue weighted by molar-refractivity contribution is -0.115. The average Bonchev–Trinajstić information content (AvgIpc) is 3.20. The lowest BCUT2D eigenvalue weighted by Crippen LogP contribution is -2.28. The highest BCUT2D eigenvalue weighted by molar-refractivity contribution is 8.00. The maximum Gasteiger partial charge on any atom is 0.262 e. The van der Waals surface area contributed by atoms with Crippen LogP contribution in [0.15, 0.2) is 69.1 Å². The van der Waals surface area contributed by atoms with Crippen LogP contribution in [0.3, 0.4) is 0 Å². The summed E-state index contributed by atoms with van der Waals surface area (Å²) in [5, 5.41) is 7.22. The van der Waals surface area contributed by atoms with Gasteiger partial charge in [-0.05, 0) is 38.0 Å². The summed E-state index contributed by atoms with van der Waals surface area (Å²) in [6.07, 6.45) is 0.556. The number of hydrogen-bond donors (Lipinski definition) is 1. The van der Waals surface area contributed by atoms with Crippen molar-refractivity contribution >= 4 is 34.4 Å². The average molecular weight is 449 g/mol. The second-order valence-corrected chi connectivity index (χ2v) is 8.79. The van der Waals surface area contributed by atoms with Gasteiger partial charge in [0.15, 0.2) is 11.0 Å². The first kappa shape index (κ1) is 21.8. The summed E-state index contributed by atoms with van der Waals surface area (Å²) in [7, 11) is 0. The third-order valence-corrected chi connectivity index (χ3v) is 6.43. The van der Waals surface area contributed by atoms with E-state index in [1.165, 1.54) is 11.8 Å². The molecule has 164 valence electrons. The number of para-hydroxylation sites is 1. The fourth-order valence-electron chi connectivity index (χ4n) is 3.33. The van der Waals surface area contributed by atoms with Crippen LogP contribution in [0.1, 0.15) is 30.2 Å². The molecule has 1 N–H and O–H groups in total. The van der Waals surface area contributed by atoms with Crippen LogP contribution in [-0.2, 0) is 11.3 Å². The van der Waals surface area contributed by atoms with E-state index in [0.717, 1.165) is 11.1 Å². The summed E-state index contributed by atoms with van der Waals surface area (Å²) in [5.74, 6) is 0.772. The van der Waals surface area contributed by atoms with E-state index >= 15 is 0 Å². The van der Waals surface area contributed by atoms with Crippen molar-refractivity contribution in [2.45, 2.75) is 44.1 Å². The highest BCUT2D eigenvalue weighted by Gasteiger charge is 2.23. The molecule has 1 atom stereocenters. The van der Waals surface area contributed by atoms with E-state index in [-0.39, 0.29) is 11.5 Å². The van der Waals surface area contributed by atoms with Gasteiger partial charge in [0.2, 0.25) is 5.91 Å². The number of rotatable bonds is 7. The second-order valence-electron chi connectivity index (χ2n) is 7.62. The zero-order valence-corrected chi connectivity index (χ0v) is 19.0. The molecule has 0 aliphatic heterocycles. The molecule has 4 aromatic rings. The second kappa shape index (κ2) is 9.40. The smallest absolute Gasteiger partial charge is 0.262 e. The molecule has 7 nitrogen and oxygen atoms in total. The van der Waals surface area contributed by atoms with Crippen molar-refractivity contribution < 1.29 is 9.32 Å². The van der Waals surface area contributed by atoms with Crippen LogP contribution in [0, 0.1) is 13.8 Å². The van der Waals surface area contributed by atoms with Crippen LogP contribution in [0.2, 0.25) is 0 Å². The highest BCUT2D eigenvalue weighted by atomic mass is 32.2. The molecule has 0 radical (unpaired) electrons. The summed E-state index contributed by atoms with van der Waals surface area (Å²) in [4.78, 5) is 31.0. The Morgan fingerprint density at radius 1 is 1.16 bits per heavy atom. The van der Waals surface area contributed by atoms with Crippen molar-refractivity contribution in [3.8, 4) is 0 Å². The SMILES string of the molecule is CCC(Sc1nc2ccccc2c(=O)n1Cc1ccc(C)cc1)C(=O)Nc1cc(C)on1. The molecule has 8 heteroatoms. The standard InChI is InChI=1S/C24H24N4O3S/c1-4-20(22(29)26-21-13-16(3)31-27-21)32-24-25-19-8-6-5-7-18(19)23(30)28(24)14-17-11-9-15(2)10-12-17/h5-13,20H,4,14H2,1-3H3,(H,26,27,29). The molecule has 0 spiro atoms. The molecule has 4 rings (SSSR count). The summed E-state index contributed by atoms with van der Waals surface area (Å²) < 4.78 is 6.67. The minimum atomic E-state index is -0.454. The van der Waals surface area contributed by atoms with Crippen molar-refractivity contribution in [2.75, 3.05) is 5.32 Å². The Morgan fingerprint density at radius 2 is 1.91 bits per heavy atom. The largest absolute Gasteiger partial charge is 0.360 e. The molecule has 0 aliphatic rings.